The van der Waals surface area contributed by atoms with Gasteiger partial charge in [0, 0.05) is 12.6 Å². The average molecular weight is 257 g/mol. The highest BCUT2D eigenvalue weighted by molar-refractivity contribution is 6.01. The Bertz CT molecular complexity index is 552. The van der Waals surface area contributed by atoms with Gasteiger partial charge in [-0.15, -0.1) is 0 Å². The first-order valence-corrected chi connectivity index (χ1v) is 6.13. The molecule has 98 valence electrons. The summed E-state index contributed by atoms with van der Waals surface area (Å²) in [4.78, 5) is 4.10. The molecule has 0 bridgehead atoms. The van der Waals surface area contributed by atoms with E-state index in [0.29, 0.717) is 24.5 Å². The molecule has 0 aromatic heterocycles. The summed E-state index contributed by atoms with van der Waals surface area (Å²) in [6.45, 7) is 0.792. The van der Waals surface area contributed by atoms with Crippen LogP contribution in [0.15, 0.2) is 59.6 Å². The van der Waals surface area contributed by atoms with E-state index in [-0.39, 0.29) is 5.82 Å². The molecule has 2 nitrogen and oxygen atoms in total. The predicted molar refractivity (Wildman–Crippen MR) is 75.0 cm³/mol. The number of nitrogens with zero attached hydrogens (tertiary/aromatic N) is 1. The number of aliphatic imine (C=N–C) groups is 1. The van der Waals surface area contributed by atoms with E-state index in [1.807, 2.05) is 30.3 Å². The van der Waals surface area contributed by atoms with Crippen molar-refractivity contribution in [2.75, 3.05) is 13.7 Å². The van der Waals surface area contributed by atoms with Crippen LogP contribution < -0.4 is 0 Å². The van der Waals surface area contributed by atoms with Gasteiger partial charge in [0.05, 0.1) is 18.9 Å². The third-order valence-electron chi connectivity index (χ3n) is 2.81. The molecule has 0 aliphatic rings. The van der Waals surface area contributed by atoms with Crippen molar-refractivity contribution < 1.29 is 9.13 Å². The highest BCUT2D eigenvalue weighted by atomic mass is 19.1. The number of ether oxygens (including phenoxy) is 1. The van der Waals surface area contributed by atoms with Crippen LogP contribution in [0.3, 0.4) is 0 Å². The van der Waals surface area contributed by atoms with Crippen molar-refractivity contribution >= 4 is 5.71 Å². The lowest BCUT2D eigenvalue weighted by Gasteiger charge is -2.08. The van der Waals surface area contributed by atoms with Gasteiger partial charge >= 0.3 is 0 Å². The molecule has 2 aromatic rings. The van der Waals surface area contributed by atoms with Crippen LogP contribution in [0.5, 0.6) is 0 Å². The van der Waals surface area contributed by atoms with Crippen molar-refractivity contribution in [3.05, 3.63) is 71.5 Å². The van der Waals surface area contributed by atoms with Crippen molar-refractivity contribution in [1.29, 1.82) is 0 Å². The van der Waals surface area contributed by atoms with E-state index in [9.17, 15) is 4.39 Å². The molecule has 0 atom stereocenters. The van der Waals surface area contributed by atoms with Crippen molar-refractivity contribution in [3.63, 3.8) is 0 Å². The van der Waals surface area contributed by atoms with E-state index < -0.39 is 0 Å². The van der Waals surface area contributed by atoms with Gasteiger partial charge in [-0.2, -0.15) is 0 Å². The first kappa shape index (κ1) is 13.4. The van der Waals surface area contributed by atoms with E-state index in [1.54, 1.807) is 25.2 Å². The zero-order valence-electron chi connectivity index (χ0n) is 10.8. The quantitative estimate of drug-likeness (QED) is 0.752. The molecule has 0 heterocycles. The summed E-state index contributed by atoms with van der Waals surface area (Å²) in [6.07, 6.45) is 0. The third-order valence-corrected chi connectivity index (χ3v) is 2.81. The molecule has 0 radical (unpaired) electrons. The molecule has 0 spiro atoms. The maximum absolute atomic E-state index is 13.6. The Morgan fingerprint density at radius 2 is 1.74 bits per heavy atom. The van der Waals surface area contributed by atoms with Gasteiger partial charge in [0.2, 0.25) is 0 Å². The fraction of sp³-hybridized carbons (Fsp3) is 0.188. The Labute approximate surface area is 112 Å². The van der Waals surface area contributed by atoms with Gasteiger partial charge in [0.25, 0.3) is 0 Å². The molecule has 2 aromatic carbocycles. The molecule has 19 heavy (non-hydrogen) atoms. The largest absolute Gasteiger partial charge is 0.370 e. The van der Waals surface area contributed by atoms with E-state index >= 15 is 0 Å². The molecule has 0 saturated heterocycles. The number of benzene rings is 2. The van der Waals surface area contributed by atoms with Gasteiger partial charge in [-0.25, -0.2) is 4.39 Å². The van der Waals surface area contributed by atoms with Crippen LogP contribution in [0.25, 0.3) is 0 Å². The summed E-state index contributed by atoms with van der Waals surface area (Å²) < 4.78 is 19.2. The summed E-state index contributed by atoms with van der Waals surface area (Å²) in [5, 5.41) is 0. The van der Waals surface area contributed by atoms with Gasteiger partial charge in [-0.3, -0.25) is 4.99 Å². The standard InChI is InChI=1S/C16H16FNO/c1-18-16(14-9-5-6-10-15(14)17)12-19-11-13-7-3-2-4-8-13/h2-10H,11-12H2,1H3. The molecule has 3 heteroatoms. The molecule has 0 unspecified atom stereocenters. The Hall–Kier alpha value is -2.00. The van der Waals surface area contributed by atoms with Crippen LogP contribution in [0.1, 0.15) is 11.1 Å². The SMILES string of the molecule is CN=C(COCc1ccccc1)c1ccccc1F. The molecule has 0 amide bonds. The van der Waals surface area contributed by atoms with Crippen LogP contribution >= 0.6 is 0 Å². The summed E-state index contributed by atoms with van der Waals surface area (Å²) in [5.41, 5.74) is 2.21. The van der Waals surface area contributed by atoms with Crippen LogP contribution in [0.2, 0.25) is 0 Å². The number of hydrogen-bond acceptors (Lipinski definition) is 2. The topological polar surface area (TPSA) is 21.6 Å². The Balaban J connectivity index is 1.96. The lowest BCUT2D eigenvalue weighted by molar-refractivity contribution is 0.158. The van der Waals surface area contributed by atoms with E-state index in [1.165, 1.54) is 6.07 Å². The summed E-state index contributed by atoms with van der Waals surface area (Å²) in [7, 11) is 1.65. The van der Waals surface area contributed by atoms with Gasteiger partial charge in [-0.05, 0) is 11.6 Å². The van der Waals surface area contributed by atoms with Gasteiger partial charge in [0.1, 0.15) is 5.82 Å². The molecule has 0 saturated carbocycles. The van der Waals surface area contributed by atoms with Crippen molar-refractivity contribution in [1.82, 2.24) is 0 Å². The second kappa shape index (κ2) is 6.81. The van der Waals surface area contributed by atoms with E-state index in [2.05, 4.69) is 4.99 Å². The van der Waals surface area contributed by atoms with Gasteiger partial charge < -0.3 is 4.74 Å². The second-order valence-electron chi connectivity index (χ2n) is 4.13. The zero-order chi connectivity index (χ0) is 13.5. The van der Waals surface area contributed by atoms with Crippen LogP contribution in [0.4, 0.5) is 4.39 Å². The third kappa shape index (κ3) is 3.73. The highest BCUT2D eigenvalue weighted by Gasteiger charge is 2.08. The van der Waals surface area contributed by atoms with Crippen molar-refractivity contribution in [2.24, 2.45) is 4.99 Å². The van der Waals surface area contributed by atoms with Crippen LogP contribution in [-0.2, 0) is 11.3 Å². The maximum Gasteiger partial charge on any atom is 0.132 e. The van der Waals surface area contributed by atoms with Crippen LogP contribution in [0, 0.1) is 5.82 Å². The number of halogens is 1. The summed E-state index contributed by atoms with van der Waals surface area (Å²) >= 11 is 0. The maximum atomic E-state index is 13.6. The fourth-order valence-electron chi connectivity index (χ4n) is 1.80. The number of rotatable bonds is 5. The molecule has 2 rings (SSSR count). The smallest absolute Gasteiger partial charge is 0.132 e. The van der Waals surface area contributed by atoms with Gasteiger partial charge in [0.15, 0.2) is 0 Å². The molecular formula is C16H16FNO. The first-order valence-electron chi connectivity index (χ1n) is 6.13. The Morgan fingerprint density at radius 3 is 2.42 bits per heavy atom. The minimum absolute atomic E-state index is 0.272. The predicted octanol–water partition coefficient (Wildman–Crippen LogP) is 3.46. The highest BCUT2D eigenvalue weighted by Crippen LogP contribution is 2.09. The second-order valence-corrected chi connectivity index (χ2v) is 4.13. The van der Waals surface area contributed by atoms with E-state index in [0.717, 1.165) is 5.56 Å². The fourth-order valence-corrected chi connectivity index (χ4v) is 1.80. The van der Waals surface area contributed by atoms with E-state index in [4.69, 9.17) is 4.74 Å². The zero-order valence-corrected chi connectivity index (χ0v) is 10.8. The minimum Gasteiger partial charge on any atom is -0.370 e. The lowest BCUT2D eigenvalue weighted by atomic mass is 10.1. The number of hydrogen-bond donors (Lipinski definition) is 0. The first-order chi connectivity index (χ1) is 9.31. The average Bonchev–Trinajstić information content (AvgIpc) is 2.46. The molecule has 0 aliphatic carbocycles. The molecular weight excluding hydrogens is 241 g/mol. The minimum atomic E-state index is -0.272. The molecule has 0 fully saturated rings. The molecule has 0 N–H and O–H groups in total. The monoisotopic (exact) mass is 257 g/mol. The van der Waals surface area contributed by atoms with Crippen molar-refractivity contribution in [2.45, 2.75) is 6.61 Å². The van der Waals surface area contributed by atoms with Crippen LogP contribution in [-0.4, -0.2) is 19.4 Å². The Kier molecular flexibility index (Phi) is 4.81. The normalized spacial score (nSPS) is 11.6. The van der Waals surface area contributed by atoms with Gasteiger partial charge in [-0.1, -0.05) is 48.5 Å². The lowest BCUT2D eigenvalue weighted by Crippen LogP contribution is -2.12. The summed E-state index contributed by atoms with van der Waals surface area (Å²) in [5.74, 6) is -0.272. The summed E-state index contributed by atoms with van der Waals surface area (Å²) in [6, 6.07) is 16.5. The van der Waals surface area contributed by atoms with Crippen molar-refractivity contribution in [3.8, 4) is 0 Å². The molecule has 0 aliphatic heterocycles. The Morgan fingerprint density at radius 1 is 1.05 bits per heavy atom.